The van der Waals surface area contributed by atoms with Crippen LogP contribution >= 0.6 is 0 Å². The molecule has 0 saturated carbocycles. The molecular weight excluding hydrogens is 210 g/mol. The van der Waals surface area contributed by atoms with Crippen LogP contribution < -0.4 is 10.5 Å². The van der Waals surface area contributed by atoms with Gasteiger partial charge in [0.15, 0.2) is 0 Å². The lowest BCUT2D eigenvalue weighted by Gasteiger charge is -2.07. The molecule has 0 unspecified atom stereocenters. The van der Waals surface area contributed by atoms with E-state index in [0.29, 0.717) is 25.3 Å². The molecule has 0 aliphatic heterocycles. The lowest BCUT2D eigenvalue weighted by atomic mass is 10.2. The Balaban J connectivity index is 2.77. The molecule has 0 heterocycles. The van der Waals surface area contributed by atoms with Crippen LogP contribution in [-0.4, -0.2) is 31.3 Å². The summed E-state index contributed by atoms with van der Waals surface area (Å²) in [7, 11) is 1.28. The Labute approximate surface area is 93.8 Å². The molecular formula is C11H15NO4. The van der Waals surface area contributed by atoms with E-state index in [1.807, 2.05) is 0 Å². The van der Waals surface area contributed by atoms with Gasteiger partial charge in [0.05, 0.1) is 19.3 Å². The predicted octanol–water partition coefficient (Wildman–Crippen LogP) is 0.906. The van der Waals surface area contributed by atoms with Crippen LogP contribution in [0.4, 0.5) is 0 Å². The molecule has 88 valence electrons. The zero-order chi connectivity index (χ0) is 12.0. The van der Waals surface area contributed by atoms with Gasteiger partial charge >= 0.3 is 5.97 Å². The molecule has 0 aromatic heterocycles. The van der Waals surface area contributed by atoms with Crippen molar-refractivity contribution in [1.82, 2.24) is 0 Å². The molecule has 1 aromatic carbocycles. The van der Waals surface area contributed by atoms with Crippen LogP contribution in [0.25, 0.3) is 0 Å². The van der Waals surface area contributed by atoms with Crippen LogP contribution in [0.2, 0.25) is 0 Å². The molecule has 5 heteroatoms. The molecule has 0 radical (unpaired) electrons. The van der Waals surface area contributed by atoms with Crippen LogP contribution in [-0.2, 0) is 4.74 Å². The Kier molecular flexibility index (Phi) is 4.60. The number of benzene rings is 1. The van der Waals surface area contributed by atoms with Crippen LogP contribution in [0.3, 0.4) is 0 Å². The van der Waals surface area contributed by atoms with Gasteiger partial charge in [-0.1, -0.05) is 0 Å². The van der Waals surface area contributed by atoms with Gasteiger partial charge in [-0.2, -0.15) is 0 Å². The Bertz CT molecular complexity index is 365. The number of ether oxygens (including phenoxy) is 2. The van der Waals surface area contributed by atoms with E-state index >= 15 is 0 Å². The number of hydrogen-bond donors (Lipinski definition) is 2. The third-order valence-electron chi connectivity index (χ3n) is 1.93. The lowest BCUT2D eigenvalue weighted by Crippen LogP contribution is -2.07. The van der Waals surface area contributed by atoms with Crippen molar-refractivity contribution in [2.45, 2.75) is 6.42 Å². The first-order chi connectivity index (χ1) is 7.67. The molecule has 0 aliphatic rings. The summed E-state index contributed by atoms with van der Waals surface area (Å²) in [6.45, 7) is 0.975. The number of nitrogens with two attached hydrogens (primary N) is 1. The highest BCUT2D eigenvalue weighted by Gasteiger charge is 2.09. The first-order valence-electron chi connectivity index (χ1n) is 4.92. The van der Waals surface area contributed by atoms with E-state index < -0.39 is 5.97 Å². The van der Waals surface area contributed by atoms with Crippen molar-refractivity contribution in [3.63, 3.8) is 0 Å². The molecule has 0 aliphatic carbocycles. The first-order valence-corrected chi connectivity index (χ1v) is 4.92. The molecule has 0 bridgehead atoms. The van der Waals surface area contributed by atoms with Crippen molar-refractivity contribution in [2.75, 3.05) is 20.3 Å². The fourth-order valence-corrected chi connectivity index (χ4v) is 1.18. The second kappa shape index (κ2) is 5.97. The van der Waals surface area contributed by atoms with Gasteiger partial charge in [-0.3, -0.25) is 0 Å². The molecule has 0 spiro atoms. The highest BCUT2D eigenvalue weighted by molar-refractivity contribution is 5.90. The topological polar surface area (TPSA) is 81.8 Å². The van der Waals surface area contributed by atoms with Crippen LogP contribution in [0.5, 0.6) is 11.5 Å². The summed E-state index contributed by atoms with van der Waals surface area (Å²) in [4.78, 5) is 11.2. The smallest absolute Gasteiger partial charge is 0.338 e. The maximum Gasteiger partial charge on any atom is 0.338 e. The summed E-state index contributed by atoms with van der Waals surface area (Å²) in [5.74, 6) is -0.126. The number of esters is 1. The minimum absolute atomic E-state index is 0.0364. The number of carbonyl (C=O) groups is 1. The maximum absolute atomic E-state index is 11.2. The SMILES string of the molecule is COC(=O)c1cc(O)cc(OCCCN)c1. The highest BCUT2D eigenvalue weighted by atomic mass is 16.5. The number of methoxy groups -OCH3 is 1. The van der Waals surface area contributed by atoms with Gasteiger partial charge in [0, 0.05) is 6.07 Å². The van der Waals surface area contributed by atoms with Crippen molar-refractivity contribution in [3.05, 3.63) is 23.8 Å². The lowest BCUT2D eigenvalue weighted by molar-refractivity contribution is 0.0599. The molecule has 0 saturated heterocycles. The number of rotatable bonds is 5. The van der Waals surface area contributed by atoms with Crippen LogP contribution in [0.15, 0.2) is 18.2 Å². The number of aromatic hydroxyl groups is 1. The van der Waals surface area contributed by atoms with E-state index in [1.54, 1.807) is 0 Å². The standard InChI is InChI=1S/C11H15NO4/c1-15-11(14)8-5-9(13)7-10(6-8)16-4-2-3-12/h5-7,13H,2-4,12H2,1H3. The van der Waals surface area contributed by atoms with E-state index in [1.165, 1.54) is 25.3 Å². The molecule has 16 heavy (non-hydrogen) atoms. The molecule has 0 atom stereocenters. The van der Waals surface area contributed by atoms with Crippen LogP contribution in [0, 0.1) is 0 Å². The zero-order valence-corrected chi connectivity index (χ0v) is 9.10. The summed E-state index contributed by atoms with van der Waals surface area (Å²) < 4.78 is 9.86. The normalized spacial score (nSPS) is 9.88. The van der Waals surface area contributed by atoms with Gasteiger partial charge in [-0.05, 0) is 25.1 Å². The summed E-state index contributed by atoms with van der Waals surface area (Å²) in [5.41, 5.74) is 5.57. The van der Waals surface area contributed by atoms with Gasteiger partial charge in [-0.15, -0.1) is 0 Å². The Hall–Kier alpha value is -1.75. The zero-order valence-electron chi connectivity index (χ0n) is 9.10. The van der Waals surface area contributed by atoms with E-state index in [0.717, 1.165) is 0 Å². The van der Waals surface area contributed by atoms with Crippen molar-refractivity contribution >= 4 is 5.97 Å². The quantitative estimate of drug-likeness (QED) is 0.575. The van der Waals surface area contributed by atoms with Crippen molar-refractivity contribution in [3.8, 4) is 11.5 Å². The summed E-state index contributed by atoms with van der Waals surface area (Å²) in [6, 6.07) is 4.27. The Morgan fingerprint density at radius 1 is 1.44 bits per heavy atom. The Morgan fingerprint density at radius 3 is 2.81 bits per heavy atom. The molecule has 5 nitrogen and oxygen atoms in total. The molecule has 0 amide bonds. The average molecular weight is 225 g/mol. The maximum atomic E-state index is 11.2. The summed E-state index contributed by atoms with van der Waals surface area (Å²) in [5, 5.41) is 9.38. The van der Waals surface area contributed by atoms with Crippen LogP contribution in [0.1, 0.15) is 16.8 Å². The van der Waals surface area contributed by atoms with Gasteiger partial charge in [-0.25, -0.2) is 4.79 Å². The highest BCUT2D eigenvalue weighted by Crippen LogP contribution is 2.22. The van der Waals surface area contributed by atoms with Gasteiger partial charge < -0.3 is 20.3 Å². The number of hydrogen-bond acceptors (Lipinski definition) is 5. The van der Waals surface area contributed by atoms with E-state index in [9.17, 15) is 9.90 Å². The molecule has 1 rings (SSSR count). The number of phenols is 1. The molecule has 1 aromatic rings. The minimum atomic E-state index is -0.514. The van der Waals surface area contributed by atoms with Gasteiger partial charge in [0.25, 0.3) is 0 Å². The Morgan fingerprint density at radius 2 is 2.19 bits per heavy atom. The number of carbonyl (C=O) groups excluding carboxylic acids is 1. The van der Waals surface area contributed by atoms with E-state index in [2.05, 4.69) is 4.74 Å². The second-order valence-corrected chi connectivity index (χ2v) is 3.20. The third-order valence-corrected chi connectivity index (χ3v) is 1.93. The second-order valence-electron chi connectivity index (χ2n) is 3.20. The number of phenolic OH excluding ortho intramolecular Hbond substituents is 1. The van der Waals surface area contributed by atoms with Gasteiger partial charge in [0.1, 0.15) is 11.5 Å². The largest absolute Gasteiger partial charge is 0.508 e. The fourth-order valence-electron chi connectivity index (χ4n) is 1.18. The summed E-state index contributed by atoms with van der Waals surface area (Å²) in [6.07, 6.45) is 0.712. The first kappa shape index (κ1) is 12.3. The fraction of sp³-hybridized carbons (Fsp3) is 0.364. The summed E-state index contributed by atoms with van der Waals surface area (Å²) >= 11 is 0. The van der Waals surface area contributed by atoms with Crippen molar-refractivity contribution < 1.29 is 19.4 Å². The average Bonchev–Trinajstić information content (AvgIpc) is 2.27. The van der Waals surface area contributed by atoms with Crippen molar-refractivity contribution in [1.29, 1.82) is 0 Å². The van der Waals surface area contributed by atoms with Gasteiger partial charge in [0.2, 0.25) is 0 Å². The van der Waals surface area contributed by atoms with Crippen molar-refractivity contribution in [2.24, 2.45) is 5.73 Å². The molecule has 3 N–H and O–H groups in total. The monoisotopic (exact) mass is 225 g/mol. The molecule has 0 fully saturated rings. The predicted molar refractivity (Wildman–Crippen MR) is 58.6 cm³/mol. The third kappa shape index (κ3) is 3.43. The minimum Gasteiger partial charge on any atom is -0.508 e. The van der Waals surface area contributed by atoms with E-state index in [4.69, 9.17) is 10.5 Å². The van der Waals surface area contributed by atoms with E-state index in [-0.39, 0.29) is 11.3 Å².